The molecule has 1 atom stereocenters. The van der Waals surface area contributed by atoms with Crippen molar-refractivity contribution in [3.63, 3.8) is 0 Å². The quantitative estimate of drug-likeness (QED) is 0.783. The first kappa shape index (κ1) is 15.3. The van der Waals surface area contributed by atoms with Gasteiger partial charge in [0.25, 0.3) is 5.91 Å². The maximum absolute atomic E-state index is 12.2. The number of carbonyl (C=O) groups is 1. The van der Waals surface area contributed by atoms with Crippen molar-refractivity contribution >= 4 is 16.7 Å². The van der Waals surface area contributed by atoms with Crippen molar-refractivity contribution in [2.24, 2.45) is 5.92 Å². The summed E-state index contributed by atoms with van der Waals surface area (Å²) in [6.07, 6.45) is 0. The van der Waals surface area contributed by atoms with Gasteiger partial charge in [0.05, 0.1) is 0 Å². The normalized spacial score (nSPS) is 12.5. The molecule has 0 saturated carbocycles. The smallest absolute Gasteiger partial charge is 0.273 e. The number of nitrogens with zero attached hydrogens (tertiary/aromatic N) is 1. The SMILES string of the molecule is CC(C)C(C)NC(=O)c1cc(-c2ccc3ccccc3c2)on1. The molecule has 0 aliphatic carbocycles. The minimum absolute atomic E-state index is 0.0864. The molecule has 1 amide bonds. The molecule has 0 aliphatic rings. The summed E-state index contributed by atoms with van der Waals surface area (Å²) in [6.45, 7) is 6.11. The van der Waals surface area contributed by atoms with Gasteiger partial charge in [0.15, 0.2) is 11.5 Å². The monoisotopic (exact) mass is 308 g/mol. The van der Waals surface area contributed by atoms with Crippen LogP contribution >= 0.6 is 0 Å². The minimum Gasteiger partial charge on any atom is -0.355 e. The zero-order valence-electron chi connectivity index (χ0n) is 13.5. The average Bonchev–Trinajstić information content (AvgIpc) is 3.04. The zero-order chi connectivity index (χ0) is 16.4. The number of aromatic nitrogens is 1. The first-order valence-corrected chi connectivity index (χ1v) is 7.81. The van der Waals surface area contributed by atoms with E-state index in [0.717, 1.165) is 10.9 Å². The fraction of sp³-hybridized carbons (Fsp3) is 0.263. The van der Waals surface area contributed by atoms with E-state index >= 15 is 0 Å². The summed E-state index contributed by atoms with van der Waals surface area (Å²) in [5.41, 5.74) is 1.22. The van der Waals surface area contributed by atoms with E-state index in [-0.39, 0.29) is 11.9 Å². The Labute approximate surface area is 135 Å². The van der Waals surface area contributed by atoms with E-state index in [1.807, 2.05) is 43.3 Å². The van der Waals surface area contributed by atoms with Crippen molar-refractivity contribution in [1.82, 2.24) is 10.5 Å². The molecule has 0 aliphatic heterocycles. The van der Waals surface area contributed by atoms with Crippen LogP contribution in [0.25, 0.3) is 22.1 Å². The summed E-state index contributed by atoms with van der Waals surface area (Å²) in [7, 11) is 0. The Bertz CT molecular complexity index is 836. The van der Waals surface area contributed by atoms with Gasteiger partial charge in [-0.15, -0.1) is 0 Å². The Hall–Kier alpha value is -2.62. The molecule has 0 bridgehead atoms. The van der Waals surface area contributed by atoms with E-state index in [1.165, 1.54) is 5.39 Å². The van der Waals surface area contributed by atoms with Crippen LogP contribution in [-0.2, 0) is 0 Å². The molecular weight excluding hydrogens is 288 g/mol. The second-order valence-electron chi connectivity index (χ2n) is 6.14. The second-order valence-corrected chi connectivity index (χ2v) is 6.14. The number of fused-ring (bicyclic) bond motifs is 1. The number of rotatable bonds is 4. The van der Waals surface area contributed by atoms with Crippen LogP contribution in [0.2, 0.25) is 0 Å². The third-order valence-corrected chi connectivity index (χ3v) is 4.14. The van der Waals surface area contributed by atoms with Crippen LogP contribution in [0.3, 0.4) is 0 Å². The third-order valence-electron chi connectivity index (χ3n) is 4.14. The minimum atomic E-state index is -0.206. The third kappa shape index (κ3) is 3.26. The lowest BCUT2D eigenvalue weighted by Crippen LogP contribution is -2.36. The molecule has 0 saturated heterocycles. The van der Waals surface area contributed by atoms with E-state index in [0.29, 0.717) is 17.4 Å². The molecule has 23 heavy (non-hydrogen) atoms. The Balaban J connectivity index is 1.84. The molecule has 1 unspecified atom stereocenters. The fourth-order valence-electron chi connectivity index (χ4n) is 2.31. The van der Waals surface area contributed by atoms with Gasteiger partial charge in [-0.3, -0.25) is 4.79 Å². The fourth-order valence-corrected chi connectivity index (χ4v) is 2.31. The lowest BCUT2D eigenvalue weighted by Gasteiger charge is -2.16. The van der Waals surface area contributed by atoms with E-state index in [2.05, 4.69) is 30.4 Å². The number of hydrogen-bond acceptors (Lipinski definition) is 3. The molecule has 1 N–H and O–H groups in total. The molecule has 3 aromatic rings. The molecule has 0 spiro atoms. The van der Waals surface area contributed by atoms with Gasteiger partial charge in [-0.1, -0.05) is 55.4 Å². The summed E-state index contributed by atoms with van der Waals surface area (Å²) < 4.78 is 5.35. The number of carbonyl (C=O) groups excluding carboxylic acids is 1. The predicted octanol–water partition coefficient (Wildman–Crippen LogP) is 4.27. The van der Waals surface area contributed by atoms with Gasteiger partial charge in [-0.05, 0) is 29.7 Å². The molecular formula is C19H20N2O2. The van der Waals surface area contributed by atoms with Crippen LogP contribution in [0.15, 0.2) is 53.1 Å². The van der Waals surface area contributed by atoms with Gasteiger partial charge in [-0.25, -0.2) is 0 Å². The lowest BCUT2D eigenvalue weighted by atomic mass is 10.1. The Morgan fingerprint density at radius 1 is 1.04 bits per heavy atom. The van der Waals surface area contributed by atoms with Crippen molar-refractivity contribution < 1.29 is 9.32 Å². The summed E-state index contributed by atoms with van der Waals surface area (Å²) in [5, 5.41) is 9.12. The number of benzene rings is 2. The van der Waals surface area contributed by atoms with E-state index in [9.17, 15) is 4.79 Å². The highest BCUT2D eigenvalue weighted by molar-refractivity contribution is 5.93. The average molecular weight is 308 g/mol. The van der Waals surface area contributed by atoms with Crippen LogP contribution in [0, 0.1) is 5.92 Å². The van der Waals surface area contributed by atoms with Gasteiger partial charge >= 0.3 is 0 Å². The molecule has 1 heterocycles. The molecule has 3 rings (SSSR count). The Morgan fingerprint density at radius 2 is 1.78 bits per heavy atom. The van der Waals surface area contributed by atoms with E-state index < -0.39 is 0 Å². The number of amides is 1. The largest absolute Gasteiger partial charge is 0.355 e. The second kappa shape index (κ2) is 6.24. The van der Waals surface area contributed by atoms with Gasteiger partial charge < -0.3 is 9.84 Å². The van der Waals surface area contributed by atoms with Crippen LogP contribution in [0.1, 0.15) is 31.3 Å². The summed E-state index contributed by atoms with van der Waals surface area (Å²) in [4.78, 5) is 12.2. The van der Waals surface area contributed by atoms with Crippen LogP contribution < -0.4 is 5.32 Å². The highest BCUT2D eigenvalue weighted by Crippen LogP contribution is 2.25. The van der Waals surface area contributed by atoms with Gasteiger partial charge in [-0.2, -0.15) is 0 Å². The summed E-state index contributed by atoms with van der Waals surface area (Å²) >= 11 is 0. The van der Waals surface area contributed by atoms with Crippen molar-refractivity contribution in [2.75, 3.05) is 0 Å². The molecule has 2 aromatic carbocycles. The lowest BCUT2D eigenvalue weighted by molar-refractivity contribution is 0.0921. The molecule has 1 aromatic heterocycles. The number of hydrogen-bond donors (Lipinski definition) is 1. The Morgan fingerprint density at radius 3 is 2.52 bits per heavy atom. The van der Waals surface area contributed by atoms with Gasteiger partial charge in [0.2, 0.25) is 0 Å². The van der Waals surface area contributed by atoms with Crippen molar-refractivity contribution in [3.05, 3.63) is 54.2 Å². The zero-order valence-corrected chi connectivity index (χ0v) is 13.5. The molecule has 0 fully saturated rings. The van der Waals surface area contributed by atoms with Crippen LogP contribution in [-0.4, -0.2) is 17.1 Å². The summed E-state index contributed by atoms with van der Waals surface area (Å²) in [6, 6.07) is 15.9. The molecule has 4 heteroatoms. The van der Waals surface area contributed by atoms with Gasteiger partial charge in [0.1, 0.15) is 0 Å². The Kier molecular flexibility index (Phi) is 4.15. The standard InChI is InChI=1S/C19H20N2O2/c1-12(2)13(3)20-19(22)17-11-18(23-21-17)16-9-8-14-6-4-5-7-15(14)10-16/h4-13H,1-3H3,(H,20,22). The van der Waals surface area contributed by atoms with Crippen molar-refractivity contribution in [3.8, 4) is 11.3 Å². The number of nitrogens with one attached hydrogen (secondary N) is 1. The highest BCUT2D eigenvalue weighted by Gasteiger charge is 2.17. The maximum Gasteiger partial charge on any atom is 0.273 e. The molecule has 4 nitrogen and oxygen atoms in total. The first-order chi connectivity index (χ1) is 11.0. The molecule has 118 valence electrons. The van der Waals surface area contributed by atoms with Crippen molar-refractivity contribution in [2.45, 2.75) is 26.8 Å². The highest BCUT2D eigenvalue weighted by atomic mass is 16.5. The molecule has 0 radical (unpaired) electrons. The summed E-state index contributed by atoms with van der Waals surface area (Å²) in [5.74, 6) is 0.755. The van der Waals surface area contributed by atoms with Crippen LogP contribution in [0.4, 0.5) is 0 Å². The predicted molar refractivity (Wildman–Crippen MR) is 91.2 cm³/mol. The maximum atomic E-state index is 12.2. The van der Waals surface area contributed by atoms with E-state index in [4.69, 9.17) is 4.52 Å². The van der Waals surface area contributed by atoms with Gasteiger partial charge in [0, 0.05) is 17.7 Å². The first-order valence-electron chi connectivity index (χ1n) is 7.81. The van der Waals surface area contributed by atoms with Crippen molar-refractivity contribution in [1.29, 1.82) is 0 Å². The topological polar surface area (TPSA) is 55.1 Å². The van der Waals surface area contributed by atoms with Crippen LogP contribution in [0.5, 0.6) is 0 Å². The van der Waals surface area contributed by atoms with E-state index in [1.54, 1.807) is 6.07 Å².